The third kappa shape index (κ3) is 3.41. The van der Waals surface area contributed by atoms with Crippen molar-refractivity contribution in [1.82, 2.24) is 4.90 Å². The zero-order chi connectivity index (χ0) is 13.8. The van der Waals surface area contributed by atoms with Crippen LogP contribution in [0.5, 0.6) is 0 Å². The van der Waals surface area contributed by atoms with Crippen LogP contribution in [0.15, 0.2) is 24.3 Å². The number of likely N-dealkylation sites (N-methyl/N-ethyl adjacent to an activating group) is 1. The van der Waals surface area contributed by atoms with Gasteiger partial charge in [0.25, 0.3) is 0 Å². The standard InChI is InChI=1S/C16H22FNO/c1-12(14-9-5-6-10-15(14)17)18(2)11-16(19)13-7-3-4-8-13/h5-6,9-10,12-13H,3-4,7-8,11H2,1-2H3. The number of hydrogen-bond donors (Lipinski definition) is 0. The highest BCUT2D eigenvalue weighted by molar-refractivity contribution is 5.83. The van der Waals surface area contributed by atoms with Crippen LogP contribution in [0.4, 0.5) is 4.39 Å². The SMILES string of the molecule is CC(c1ccccc1F)N(C)CC(=O)C1CCCC1. The lowest BCUT2D eigenvalue weighted by atomic mass is 10.0. The molecule has 104 valence electrons. The molecule has 0 spiro atoms. The van der Waals surface area contributed by atoms with E-state index in [4.69, 9.17) is 0 Å². The van der Waals surface area contributed by atoms with Crippen molar-refractivity contribution < 1.29 is 9.18 Å². The number of hydrogen-bond acceptors (Lipinski definition) is 2. The van der Waals surface area contributed by atoms with E-state index in [0.29, 0.717) is 17.9 Å². The fraction of sp³-hybridized carbons (Fsp3) is 0.562. The number of carbonyl (C=O) groups is 1. The predicted molar refractivity (Wildman–Crippen MR) is 74.4 cm³/mol. The maximum absolute atomic E-state index is 13.7. The number of rotatable bonds is 5. The average molecular weight is 263 g/mol. The van der Waals surface area contributed by atoms with E-state index in [1.165, 1.54) is 18.9 Å². The average Bonchev–Trinajstić information content (AvgIpc) is 2.92. The van der Waals surface area contributed by atoms with Crippen LogP contribution in [0.1, 0.15) is 44.2 Å². The van der Waals surface area contributed by atoms with Gasteiger partial charge in [-0.1, -0.05) is 31.0 Å². The molecule has 1 aromatic rings. The summed E-state index contributed by atoms with van der Waals surface area (Å²) < 4.78 is 13.7. The van der Waals surface area contributed by atoms with Crippen LogP contribution in [-0.2, 0) is 4.79 Å². The summed E-state index contributed by atoms with van der Waals surface area (Å²) >= 11 is 0. The highest BCUT2D eigenvalue weighted by atomic mass is 19.1. The van der Waals surface area contributed by atoms with Crippen molar-refractivity contribution in [3.8, 4) is 0 Å². The maximum Gasteiger partial charge on any atom is 0.149 e. The van der Waals surface area contributed by atoms with Gasteiger partial charge in [0.15, 0.2) is 0 Å². The van der Waals surface area contributed by atoms with E-state index in [9.17, 15) is 9.18 Å². The normalized spacial score (nSPS) is 17.9. The Balaban J connectivity index is 1.97. The molecule has 3 heteroatoms. The molecule has 1 aliphatic carbocycles. The summed E-state index contributed by atoms with van der Waals surface area (Å²) in [4.78, 5) is 14.1. The van der Waals surface area contributed by atoms with Crippen LogP contribution in [0.2, 0.25) is 0 Å². The topological polar surface area (TPSA) is 20.3 Å². The summed E-state index contributed by atoms with van der Waals surface area (Å²) in [5, 5.41) is 0. The smallest absolute Gasteiger partial charge is 0.149 e. The molecular formula is C16H22FNO. The lowest BCUT2D eigenvalue weighted by Crippen LogP contribution is -2.32. The highest BCUT2D eigenvalue weighted by Crippen LogP contribution is 2.27. The highest BCUT2D eigenvalue weighted by Gasteiger charge is 2.25. The Hall–Kier alpha value is -1.22. The van der Waals surface area contributed by atoms with Gasteiger partial charge in [-0.2, -0.15) is 0 Å². The Morgan fingerprint density at radius 3 is 2.63 bits per heavy atom. The van der Waals surface area contributed by atoms with Crippen LogP contribution < -0.4 is 0 Å². The fourth-order valence-corrected chi connectivity index (χ4v) is 2.81. The first-order chi connectivity index (χ1) is 9.09. The van der Waals surface area contributed by atoms with Crippen LogP contribution in [-0.4, -0.2) is 24.3 Å². The zero-order valence-corrected chi connectivity index (χ0v) is 11.7. The number of benzene rings is 1. The van der Waals surface area contributed by atoms with Crippen molar-refractivity contribution in [3.05, 3.63) is 35.6 Å². The van der Waals surface area contributed by atoms with Gasteiger partial charge in [-0.3, -0.25) is 9.69 Å². The third-order valence-corrected chi connectivity index (χ3v) is 4.23. The van der Waals surface area contributed by atoms with Crippen molar-refractivity contribution in [2.24, 2.45) is 5.92 Å². The van der Waals surface area contributed by atoms with Gasteiger partial charge in [-0.25, -0.2) is 4.39 Å². The molecule has 0 aromatic heterocycles. The second-order valence-electron chi connectivity index (χ2n) is 5.56. The molecule has 0 N–H and O–H groups in total. The molecule has 0 amide bonds. The first-order valence-electron chi connectivity index (χ1n) is 7.07. The number of ketones is 1. The van der Waals surface area contributed by atoms with E-state index < -0.39 is 0 Å². The monoisotopic (exact) mass is 263 g/mol. The summed E-state index contributed by atoms with van der Waals surface area (Å²) in [6, 6.07) is 6.71. The van der Waals surface area contributed by atoms with Gasteiger partial charge in [-0.15, -0.1) is 0 Å². The molecular weight excluding hydrogens is 241 g/mol. The summed E-state index contributed by atoms with van der Waals surface area (Å²) in [6.45, 7) is 2.36. The van der Waals surface area contributed by atoms with E-state index in [-0.39, 0.29) is 17.8 Å². The van der Waals surface area contributed by atoms with Gasteiger partial charge in [0.1, 0.15) is 11.6 Å². The number of nitrogens with zero attached hydrogens (tertiary/aromatic N) is 1. The molecule has 0 saturated heterocycles. The van der Waals surface area contributed by atoms with E-state index in [2.05, 4.69) is 0 Å². The second kappa shape index (κ2) is 6.29. The van der Waals surface area contributed by atoms with Gasteiger partial charge < -0.3 is 0 Å². The van der Waals surface area contributed by atoms with Gasteiger partial charge >= 0.3 is 0 Å². The summed E-state index contributed by atoms with van der Waals surface area (Å²) in [5.74, 6) is 0.341. The minimum absolute atomic E-state index is 0.0773. The summed E-state index contributed by atoms with van der Waals surface area (Å²) in [6.07, 6.45) is 4.40. The van der Waals surface area contributed by atoms with Crippen molar-refractivity contribution in [2.45, 2.75) is 38.6 Å². The van der Waals surface area contributed by atoms with E-state index in [1.807, 2.05) is 24.9 Å². The molecule has 2 nitrogen and oxygen atoms in total. The lowest BCUT2D eigenvalue weighted by molar-refractivity contribution is -0.124. The maximum atomic E-state index is 13.7. The molecule has 1 saturated carbocycles. The Kier molecular flexibility index (Phi) is 4.70. The van der Waals surface area contributed by atoms with Crippen molar-refractivity contribution >= 4 is 5.78 Å². The fourth-order valence-electron chi connectivity index (χ4n) is 2.81. The number of Topliss-reactive ketones (excluding diaryl/α,β-unsaturated/α-hetero) is 1. The molecule has 1 aromatic carbocycles. The quantitative estimate of drug-likeness (QED) is 0.809. The van der Waals surface area contributed by atoms with Crippen LogP contribution in [0.25, 0.3) is 0 Å². The largest absolute Gasteiger partial charge is 0.298 e. The molecule has 0 heterocycles. The minimum Gasteiger partial charge on any atom is -0.298 e. The molecule has 1 unspecified atom stereocenters. The lowest BCUT2D eigenvalue weighted by Gasteiger charge is -2.25. The third-order valence-electron chi connectivity index (χ3n) is 4.23. The zero-order valence-electron chi connectivity index (χ0n) is 11.7. The van der Waals surface area contributed by atoms with Crippen molar-refractivity contribution in [3.63, 3.8) is 0 Å². The molecule has 19 heavy (non-hydrogen) atoms. The molecule has 0 radical (unpaired) electrons. The predicted octanol–water partition coefficient (Wildman–Crippen LogP) is 3.58. The Bertz CT molecular complexity index is 440. The van der Waals surface area contributed by atoms with Gasteiger partial charge in [0, 0.05) is 17.5 Å². The van der Waals surface area contributed by atoms with E-state index in [0.717, 1.165) is 12.8 Å². The van der Waals surface area contributed by atoms with E-state index >= 15 is 0 Å². The molecule has 2 rings (SSSR count). The van der Waals surface area contributed by atoms with Crippen molar-refractivity contribution in [1.29, 1.82) is 0 Å². The van der Waals surface area contributed by atoms with Gasteiger partial charge in [0.05, 0.1) is 6.54 Å². The minimum atomic E-state index is -0.199. The first kappa shape index (κ1) is 14.2. The number of carbonyl (C=O) groups excluding carboxylic acids is 1. The molecule has 1 atom stereocenters. The summed E-state index contributed by atoms with van der Waals surface area (Å²) in [5.41, 5.74) is 0.657. The first-order valence-corrected chi connectivity index (χ1v) is 7.07. The van der Waals surface area contributed by atoms with Crippen molar-refractivity contribution in [2.75, 3.05) is 13.6 Å². The Morgan fingerprint density at radius 2 is 2.00 bits per heavy atom. The summed E-state index contributed by atoms with van der Waals surface area (Å²) in [7, 11) is 1.89. The van der Waals surface area contributed by atoms with Crippen LogP contribution in [0, 0.1) is 11.7 Å². The molecule has 1 fully saturated rings. The molecule has 0 bridgehead atoms. The van der Waals surface area contributed by atoms with E-state index in [1.54, 1.807) is 12.1 Å². The second-order valence-corrected chi connectivity index (χ2v) is 5.56. The number of halogens is 1. The van der Waals surface area contributed by atoms with Gasteiger partial charge in [0.2, 0.25) is 0 Å². The molecule has 0 aliphatic heterocycles. The Morgan fingerprint density at radius 1 is 1.37 bits per heavy atom. The van der Waals surface area contributed by atoms with Crippen LogP contribution >= 0.6 is 0 Å². The Labute approximate surface area is 114 Å². The van der Waals surface area contributed by atoms with Gasteiger partial charge in [-0.05, 0) is 32.9 Å². The molecule has 1 aliphatic rings. The van der Waals surface area contributed by atoms with Crippen LogP contribution in [0.3, 0.4) is 0 Å².